The molecule has 1 rings (SSSR count). The third-order valence-electron chi connectivity index (χ3n) is 1.15. The normalized spacial score (nSPS) is 10.7. The van der Waals surface area contributed by atoms with Crippen LogP contribution < -0.4 is 60.9 Å². The molecule has 1 aromatic heterocycles. The average molecular weight is 220 g/mol. The van der Waals surface area contributed by atoms with Crippen LogP contribution in [0.1, 0.15) is 0 Å². The van der Waals surface area contributed by atoms with Crippen molar-refractivity contribution in [2.45, 2.75) is 0 Å². The van der Waals surface area contributed by atoms with Crippen LogP contribution in [-0.2, 0) is 0 Å². The number of halogens is 3. The first kappa shape index (κ1) is 13.0. The van der Waals surface area contributed by atoms with Crippen molar-refractivity contribution in [2.75, 3.05) is 7.11 Å². The van der Waals surface area contributed by atoms with Gasteiger partial charge in [-0.2, -0.15) is 11.3 Å². The van der Waals surface area contributed by atoms with Crippen LogP contribution in [-0.4, -0.2) is 14.1 Å². The summed E-state index contributed by atoms with van der Waals surface area (Å²) in [6.45, 7) is -4.85. The van der Waals surface area contributed by atoms with Crippen molar-refractivity contribution in [3.63, 3.8) is 0 Å². The van der Waals surface area contributed by atoms with Gasteiger partial charge in [0.05, 0.1) is 7.11 Å². The summed E-state index contributed by atoms with van der Waals surface area (Å²) in [4.78, 5) is 0. The summed E-state index contributed by atoms with van der Waals surface area (Å²) in [5, 5.41) is 1.34. The van der Waals surface area contributed by atoms with E-state index >= 15 is 0 Å². The second-order valence-corrected chi connectivity index (χ2v) is 2.91. The summed E-state index contributed by atoms with van der Waals surface area (Å²) >= 11 is 0.659. The van der Waals surface area contributed by atoms with Crippen molar-refractivity contribution >= 4 is 23.1 Å². The van der Waals surface area contributed by atoms with Gasteiger partial charge in [0.2, 0.25) is 0 Å². The molecule has 0 N–H and O–H groups in total. The van der Waals surface area contributed by atoms with Crippen LogP contribution >= 0.6 is 11.3 Å². The molecule has 0 aliphatic heterocycles. The van der Waals surface area contributed by atoms with E-state index < -0.39 is 11.8 Å². The van der Waals surface area contributed by atoms with E-state index in [2.05, 4.69) is 4.74 Å². The quantitative estimate of drug-likeness (QED) is 0.570. The third-order valence-corrected chi connectivity index (χ3v) is 2.16. The molecule has 0 unspecified atom stereocenters. The molecule has 0 radical (unpaired) electrons. The molecule has 62 valence electrons. The van der Waals surface area contributed by atoms with Crippen LogP contribution in [0.3, 0.4) is 0 Å². The molecule has 1 nitrogen and oxygen atoms in total. The Bertz CT molecular complexity index is 249. The molecule has 0 saturated heterocycles. The van der Waals surface area contributed by atoms with Gasteiger partial charge >= 0.3 is 58.4 Å². The molecular weight excluding hydrogens is 215 g/mol. The Kier molecular flexibility index (Phi) is 5.43. The van der Waals surface area contributed by atoms with Crippen molar-refractivity contribution in [2.24, 2.45) is 0 Å². The van der Waals surface area contributed by atoms with E-state index in [1.165, 1.54) is 12.5 Å². The van der Waals surface area contributed by atoms with Gasteiger partial charge in [0.15, 0.2) is 0 Å². The van der Waals surface area contributed by atoms with E-state index in [-0.39, 0.29) is 57.1 Å². The first-order valence-electron chi connectivity index (χ1n) is 2.86. The maximum absolute atomic E-state index is 12.0. The van der Waals surface area contributed by atoms with Gasteiger partial charge in [0, 0.05) is 5.38 Å². The topological polar surface area (TPSA) is 9.23 Å². The SMILES string of the molecule is COc1csc([B-](F)(F)F)c1.[K+]. The van der Waals surface area contributed by atoms with E-state index in [1.54, 1.807) is 0 Å². The van der Waals surface area contributed by atoms with Crippen molar-refractivity contribution in [1.82, 2.24) is 0 Å². The minimum atomic E-state index is -4.85. The molecule has 0 amide bonds. The first-order valence-corrected chi connectivity index (χ1v) is 3.74. The Morgan fingerprint density at radius 2 is 2.00 bits per heavy atom. The molecule has 1 aromatic rings. The summed E-state index contributed by atoms with van der Waals surface area (Å²) < 4.78 is 39.9. The van der Waals surface area contributed by atoms with Crippen LogP contribution in [0.2, 0.25) is 0 Å². The molecule has 0 fully saturated rings. The van der Waals surface area contributed by atoms with Gasteiger partial charge in [-0.05, 0) is 6.07 Å². The van der Waals surface area contributed by atoms with E-state index in [0.29, 0.717) is 11.3 Å². The van der Waals surface area contributed by atoms with Gasteiger partial charge in [0.1, 0.15) is 5.75 Å². The van der Waals surface area contributed by atoms with Crippen LogP contribution in [0.5, 0.6) is 5.75 Å². The molecule has 0 aromatic carbocycles. The van der Waals surface area contributed by atoms with Gasteiger partial charge in [-0.15, -0.1) is 0 Å². The number of ether oxygens (including phenoxy) is 1. The second-order valence-electron chi connectivity index (χ2n) is 1.96. The summed E-state index contributed by atoms with van der Waals surface area (Å²) in [5.41, 5.74) is 0. The van der Waals surface area contributed by atoms with Crippen LogP contribution in [0.15, 0.2) is 11.4 Å². The average Bonchev–Trinajstić information content (AvgIpc) is 2.32. The number of methoxy groups -OCH3 is 1. The van der Waals surface area contributed by atoms with Gasteiger partial charge in [-0.1, -0.05) is 4.78 Å². The predicted molar refractivity (Wildman–Crippen MR) is 39.6 cm³/mol. The minimum absolute atomic E-state index is 0. The fourth-order valence-electron chi connectivity index (χ4n) is 0.613. The summed E-state index contributed by atoms with van der Waals surface area (Å²) in [6.07, 6.45) is 0. The maximum atomic E-state index is 12.0. The second kappa shape index (κ2) is 5.02. The summed E-state index contributed by atoms with van der Waals surface area (Å²) in [7, 11) is 1.34. The molecule has 1 heterocycles. The Morgan fingerprint density at radius 3 is 2.25 bits per heavy atom. The smallest absolute Gasteiger partial charge is 0.496 e. The number of hydrogen-bond acceptors (Lipinski definition) is 2. The molecule has 7 heteroatoms. The zero-order valence-electron chi connectivity index (χ0n) is 6.68. The summed E-state index contributed by atoms with van der Waals surface area (Å²) in [5.74, 6) is 0.268. The maximum Gasteiger partial charge on any atom is 1.00 e. The van der Waals surface area contributed by atoms with Gasteiger partial charge < -0.3 is 17.7 Å². The zero-order chi connectivity index (χ0) is 8.48. The Morgan fingerprint density at radius 1 is 1.42 bits per heavy atom. The van der Waals surface area contributed by atoms with E-state index in [1.807, 2.05) is 0 Å². The first-order chi connectivity index (χ1) is 5.04. The van der Waals surface area contributed by atoms with Crippen molar-refractivity contribution in [1.29, 1.82) is 0 Å². The fourth-order valence-corrected chi connectivity index (χ4v) is 1.37. The largest absolute Gasteiger partial charge is 1.00 e. The predicted octanol–water partition coefficient (Wildman–Crippen LogP) is -1.18. The van der Waals surface area contributed by atoms with E-state index in [4.69, 9.17) is 0 Å². The molecule has 0 spiro atoms. The van der Waals surface area contributed by atoms with E-state index in [9.17, 15) is 12.9 Å². The molecule has 12 heavy (non-hydrogen) atoms. The van der Waals surface area contributed by atoms with Gasteiger partial charge in [-0.25, -0.2) is 0 Å². The van der Waals surface area contributed by atoms with Crippen LogP contribution in [0.4, 0.5) is 12.9 Å². The molecule has 0 aliphatic rings. The van der Waals surface area contributed by atoms with Crippen molar-refractivity contribution in [3.05, 3.63) is 11.4 Å². The number of thiophene rings is 1. The molecule has 0 aliphatic carbocycles. The minimum Gasteiger partial charge on any atom is -0.496 e. The molecular formula is C5H5BF3KOS. The van der Waals surface area contributed by atoms with Crippen molar-refractivity contribution < 1.29 is 69.1 Å². The Hall–Kier alpha value is 0.991. The standard InChI is InChI=1S/C5H5BF3OS.K/c1-10-4-2-5(11-3-4)6(7,8)9;/h2-3H,1H3;/q-1;+1. The van der Waals surface area contributed by atoms with Gasteiger partial charge in [0.25, 0.3) is 0 Å². The Balaban J connectivity index is 0.00000121. The van der Waals surface area contributed by atoms with Gasteiger partial charge in [-0.3, -0.25) is 0 Å². The van der Waals surface area contributed by atoms with E-state index in [0.717, 1.165) is 6.07 Å². The summed E-state index contributed by atoms with van der Waals surface area (Å²) in [6, 6.07) is 1.00. The fraction of sp³-hybridized carbons (Fsp3) is 0.200. The van der Waals surface area contributed by atoms with Crippen LogP contribution in [0.25, 0.3) is 0 Å². The Labute approximate surface area is 115 Å². The molecule has 0 saturated carbocycles. The van der Waals surface area contributed by atoms with Crippen LogP contribution in [0, 0.1) is 0 Å². The van der Waals surface area contributed by atoms with Crippen molar-refractivity contribution in [3.8, 4) is 5.75 Å². The monoisotopic (exact) mass is 220 g/mol. The third kappa shape index (κ3) is 3.39. The number of hydrogen-bond donors (Lipinski definition) is 0. The molecule has 0 bridgehead atoms. The molecule has 0 atom stereocenters. The zero-order valence-corrected chi connectivity index (χ0v) is 10.6. The number of rotatable bonds is 2.